The van der Waals surface area contributed by atoms with Crippen LogP contribution in [0.2, 0.25) is 0 Å². The van der Waals surface area contributed by atoms with Crippen LogP contribution < -0.4 is 0 Å². The van der Waals surface area contributed by atoms with Gasteiger partial charge in [-0.15, -0.1) is 0 Å². The highest BCUT2D eigenvalue weighted by Gasteiger charge is 2.08. The number of carbonyl (C=O) groups excluding carboxylic acids is 1. The fraction of sp³-hybridized carbons (Fsp3) is 0.316. The average molecular weight is 266 g/mol. The van der Waals surface area contributed by atoms with E-state index in [4.69, 9.17) is 0 Å². The number of aldehydes is 1. The summed E-state index contributed by atoms with van der Waals surface area (Å²) in [7, 11) is 0. The molecule has 0 heterocycles. The Morgan fingerprint density at radius 2 is 1.60 bits per heavy atom. The van der Waals surface area contributed by atoms with Gasteiger partial charge in [0.15, 0.2) is 0 Å². The van der Waals surface area contributed by atoms with Crippen molar-refractivity contribution in [2.75, 3.05) is 0 Å². The molecule has 0 amide bonds. The molecule has 2 rings (SSSR count). The third-order valence-electron chi connectivity index (χ3n) is 3.68. The van der Waals surface area contributed by atoms with Crippen LogP contribution in [-0.4, -0.2) is 6.29 Å². The highest BCUT2D eigenvalue weighted by atomic mass is 16.1. The molecule has 0 aromatic heterocycles. The maximum Gasteiger partial charge on any atom is 0.123 e. The Bertz CT molecular complexity index is 513. The van der Waals surface area contributed by atoms with Gasteiger partial charge in [0.25, 0.3) is 0 Å². The molecule has 1 unspecified atom stereocenters. The molecule has 104 valence electrons. The van der Waals surface area contributed by atoms with E-state index >= 15 is 0 Å². The molecule has 1 heteroatoms. The molecule has 0 saturated heterocycles. The molecule has 2 aromatic carbocycles. The van der Waals surface area contributed by atoms with Crippen molar-refractivity contribution in [1.29, 1.82) is 0 Å². The maximum atomic E-state index is 11.1. The predicted octanol–water partition coefficient (Wildman–Crippen LogP) is 4.90. The second-order valence-electron chi connectivity index (χ2n) is 5.31. The van der Waals surface area contributed by atoms with Crippen LogP contribution in [0.5, 0.6) is 0 Å². The van der Waals surface area contributed by atoms with Crippen LogP contribution in [-0.2, 0) is 11.2 Å². The van der Waals surface area contributed by atoms with Crippen LogP contribution in [0.15, 0.2) is 54.6 Å². The zero-order valence-electron chi connectivity index (χ0n) is 12.1. The molecule has 0 radical (unpaired) electrons. The minimum atomic E-state index is 0.164. The van der Waals surface area contributed by atoms with Gasteiger partial charge in [-0.05, 0) is 29.5 Å². The fourth-order valence-corrected chi connectivity index (χ4v) is 2.45. The van der Waals surface area contributed by atoms with E-state index in [9.17, 15) is 4.79 Å². The number of unbranched alkanes of at least 4 members (excludes halogenated alkanes) is 1. The predicted molar refractivity (Wildman–Crippen MR) is 84.7 cm³/mol. The van der Waals surface area contributed by atoms with Crippen LogP contribution in [0.25, 0.3) is 11.1 Å². The van der Waals surface area contributed by atoms with E-state index in [1.54, 1.807) is 0 Å². The standard InChI is InChI=1S/C19H22O/c1-2-3-7-17(15-20)14-16-10-12-19(13-11-16)18-8-5-4-6-9-18/h4-6,8-13,15,17H,2-3,7,14H2,1H3. The van der Waals surface area contributed by atoms with Gasteiger partial charge in [-0.1, -0.05) is 74.4 Å². The lowest BCUT2D eigenvalue weighted by Crippen LogP contribution is -2.06. The molecule has 0 aliphatic rings. The van der Waals surface area contributed by atoms with Crippen molar-refractivity contribution in [2.45, 2.75) is 32.6 Å². The van der Waals surface area contributed by atoms with E-state index in [0.717, 1.165) is 32.0 Å². The zero-order chi connectivity index (χ0) is 14.2. The second-order valence-corrected chi connectivity index (χ2v) is 5.31. The second kappa shape index (κ2) is 7.64. The summed E-state index contributed by atoms with van der Waals surface area (Å²) in [5.74, 6) is 0.164. The van der Waals surface area contributed by atoms with Crippen molar-refractivity contribution in [3.8, 4) is 11.1 Å². The van der Waals surface area contributed by atoms with Crippen molar-refractivity contribution >= 4 is 6.29 Å². The van der Waals surface area contributed by atoms with Gasteiger partial charge in [0.1, 0.15) is 6.29 Å². The summed E-state index contributed by atoms with van der Waals surface area (Å²) in [5.41, 5.74) is 3.71. The molecule has 0 N–H and O–H groups in total. The smallest absolute Gasteiger partial charge is 0.123 e. The highest BCUT2D eigenvalue weighted by molar-refractivity contribution is 5.63. The van der Waals surface area contributed by atoms with Gasteiger partial charge < -0.3 is 4.79 Å². The summed E-state index contributed by atoms with van der Waals surface area (Å²) < 4.78 is 0. The lowest BCUT2D eigenvalue weighted by atomic mass is 9.94. The first kappa shape index (κ1) is 14.5. The van der Waals surface area contributed by atoms with E-state index < -0.39 is 0 Å². The molecule has 0 aliphatic carbocycles. The van der Waals surface area contributed by atoms with Crippen molar-refractivity contribution in [1.82, 2.24) is 0 Å². The lowest BCUT2D eigenvalue weighted by Gasteiger charge is -2.10. The van der Waals surface area contributed by atoms with E-state index in [1.165, 1.54) is 16.7 Å². The van der Waals surface area contributed by atoms with E-state index in [1.807, 2.05) is 6.07 Å². The Balaban J connectivity index is 2.03. The van der Waals surface area contributed by atoms with Gasteiger partial charge in [-0.2, -0.15) is 0 Å². The minimum Gasteiger partial charge on any atom is -0.303 e. The largest absolute Gasteiger partial charge is 0.303 e. The maximum absolute atomic E-state index is 11.1. The zero-order valence-corrected chi connectivity index (χ0v) is 12.1. The molecule has 0 saturated carbocycles. The van der Waals surface area contributed by atoms with Gasteiger partial charge in [0, 0.05) is 5.92 Å². The van der Waals surface area contributed by atoms with Crippen LogP contribution >= 0.6 is 0 Å². The van der Waals surface area contributed by atoms with E-state index in [0.29, 0.717) is 0 Å². The molecular formula is C19H22O. The van der Waals surface area contributed by atoms with Gasteiger partial charge in [-0.3, -0.25) is 0 Å². The van der Waals surface area contributed by atoms with Gasteiger partial charge in [-0.25, -0.2) is 0 Å². The number of rotatable bonds is 7. The molecule has 0 fully saturated rings. The number of carbonyl (C=O) groups is 1. The Kier molecular flexibility index (Phi) is 5.55. The SMILES string of the molecule is CCCCC(C=O)Cc1ccc(-c2ccccc2)cc1. The van der Waals surface area contributed by atoms with E-state index in [-0.39, 0.29) is 5.92 Å². The molecule has 0 spiro atoms. The van der Waals surface area contributed by atoms with Crippen LogP contribution in [0, 0.1) is 5.92 Å². The Labute approximate surface area is 121 Å². The summed E-state index contributed by atoms with van der Waals surface area (Å²) in [5, 5.41) is 0. The first-order chi connectivity index (χ1) is 9.83. The van der Waals surface area contributed by atoms with Gasteiger partial charge in [0.2, 0.25) is 0 Å². The van der Waals surface area contributed by atoms with Crippen molar-refractivity contribution < 1.29 is 4.79 Å². The quantitative estimate of drug-likeness (QED) is 0.651. The average Bonchev–Trinajstić information content (AvgIpc) is 2.53. The summed E-state index contributed by atoms with van der Waals surface area (Å²) in [6.45, 7) is 2.16. The molecule has 0 aliphatic heterocycles. The topological polar surface area (TPSA) is 17.1 Å². The Morgan fingerprint density at radius 3 is 2.20 bits per heavy atom. The number of hydrogen-bond acceptors (Lipinski definition) is 1. The van der Waals surface area contributed by atoms with Crippen molar-refractivity contribution in [3.63, 3.8) is 0 Å². The van der Waals surface area contributed by atoms with Crippen molar-refractivity contribution in [3.05, 3.63) is 60.2 Å². The monoisotopic (exact) mass is 266 g/mol. The summed E-state index contributed by atoms with van der Waals surface area (Å²) in [4.78, 5) is 11.1. The molecule has 20 heavy (non-hydrogen) atoms. The third kappa shape index (κ3) is 4.06. The summed E-state index contributed by atoms with van der Waals surface area (Å²) >= 11 is 0. The van der Waals surface area contributed by atoms with Crippen molar-refractivity contribution in [2.24, 2.45) is 5.92 Å². The third-order valence-corrected chi connectivity index (χ3v) is 3.68. The Morgan fingerprint density at radius 1 is 0.950 bits per heavy atom. The highest BCUT2D eigenvalue weighted by Crippen LogP contribution is 2.21. The number of benzene rings is 2. The molecular weight excluding hydrogens is 244 g/mol. The Hall–Kier alpha value is -1.89. The van der Waals surface area contributed by atoms with E-state index in [2.05, 4.69) is 55.5 Å². The fourth-order valence-electron chi connectivity index (χ4n) is 2.45. The van der Waals surface area contributed by atoms with Gasteiger partial charge >= 0.3 is 0 Å². The molecule has 2 aromatic rings. The number of hydrogen-bond donors (Lipinski definition) is 0. The van der Waals surface area contributed by atoms with Crippen LogP contribution in [0.1, 0.15) is 31.7 Å². The lowest BCUT2D eigenvalue weighted by molar-refractivity contribution is -0.111. The first-order valence-corrected chi connectivity index (χ1v) is 7.43. The molecule has 0 bridgehead atoms. The molecule has 1 nitrogen and oxygen atoms in total. The summed E-state index contributed by atoms with van der Waals surface area (Å²) in [6.07, 6.45) is 5.25. The minimum absolute atomic E-state index is 0.164. The first-order valence-electron chi connectivity index (χ1n) is 7.43. The normalized spacial score (nSPS) is 12.1. The van der Waals surface area contributed by atoms with Crippen LogP contribution in [0.3, 0.4) is 0 Å². The van der Waals surface area contributed by atoms with Gasteiger partial charge in [0.05, 0.1) is 0 Å². The van der Waals surface area contributed by atoms with Crippen LogP contribution in [0.4, 0.5) is 0 Å². The molecule has 1 atom stereocenters. The summed E-state index contributed by atoms with van der Waals surface area (Å²) in [6, 6.07) is 18.9.